The third-order valence-electron chi connectivity index (χ3n) is 6.40. The van der Waals surface area contributed by atoms with E-state index in [1.165, 1.54) is 22.4 Å². The average molecular weight is 453 g/mol. The smallest absolute Gasteiger partial charge is 0.148 e. The monoisotopic (exact) mass is 452 g/mol. The predicted molar refractivity (Wildman–Crippen MR) is 137 cm³/mol. The number of halogens is 1. The van der Waals surface area contributed by atoms with Crippen LogP contribution in [0.1, 0.15) is 40.6 Å². The van der Waals surface area contributed by atoms with Crippen molar-refractivity contribution in [3.05, 3.63) is 100 Å². The normalized spacial score (nSPS) is 20.7. The molecular weight excluding hydrogens is 428 g/mol. The molecule has 0 spiro atoms. The SMILES string of the molecule is C#CCOc1ccc(C=Nc2ccc([C@@H]3Nc4ccc(C)cc4[C@H]4C=CC[C@@H]43)cc2)cc1Cl. The number of rotatable bonds is 5. The molecule has 1 heterocycles. The molecule has 3 nitrogen and oxygen atoms in total. The number of aliphatic imine (C=N–C) groups is 1. The van der Waals surface area contributed by atoms with Gasteiger partial charge in [-0.1, -0.05) is 59.5 Å². The standard InChI is InChI=1S/C29H25ClN2O/c1-3-15-33-28-14-8-20(17-26(28)30)18-31-22-11-9-21(10-12-22)29-24-6-4-5-23(24)25-16-19(2)7-13-27(25)32-29/h1,4-5,7-14,16-18,23-24,29,32H,6,15H2,2H3/t23-,24-,29-/m0/s1. The van der Waals surface area contributed by atoms with Crippen LogP contribution in [-0.2, 0) is 0 Å². The fraction of sp³-hybridized carbons (Fsp3) is 0.207. The second-order valence-electron chi connectivity index (χ2n) is 8.60. The van der Waals surface area contributed by atoms with Crippen LogP contribution in [0.15, 0.2) is 77.8 Å². The second kappa shape index (κ2) is 9.17. The molecule has 4 heteroatoms. The molecule has 33 heavy (non-hydrogen) atoms. The van der Waals surface area contributed by atoms with Crippen molar-refractivity contribution in [3.63, 3.8) is 0 Å². The van der Waals surface area contributed by atoms with Crippen molar-refractivity contribution in [1.82, 2.24) is 0 Å². The summed E-state index contributed by atoms with van der Waals surface area (Å²) in [5, 5.41) is 4.31. The van der Waals surface area contributed by atoms with Gasteiger partial charge in [-0.25, -0.2) is 0 Å². The van der Waals surface area contributed by atoms with E-state index >= 15 is 0 Å². The van der Waals surface area contributed by atoms with Crippen LogP contribution in [-0.4, -0.2) is 12.8 Å². The molecular formula is C29H25ClN2O. The number of anilines is 1. The van der Waals surface area contributed by atoms with Gasteiger partial charge in [0.15, 0.2) is 0 Å². The number of hydrogen-bond donors (Lipinski definition) is 1. The molecule has 1 N–H and O–H groups in total. The molecule has 0 aromatic heterocycles. The zero-order valence-electron chi connectivity index (χ0n) is 18.5. The van der Waals surface area contributed by atoms with E-state index in [1.807, 2.05) is 18.2 Å². The number of fused-ring (bicyclic) bond motifs is 3. The minimum Gasteiger partial charge on any atom is -0.479 e. The average Bonchev–Trinajstić information content (AvgIpc) is 3.33. The largest absolute Gasteiger partial charge is 0.479 e. The highest BCUT2D eigenvalue weighted by molar-refractivity contribution is 6.32. The minimum atomic E-state index is 0.193. The van der Waals surface area contributed by atoms with Gasteiger partial charge in [0.25, 0.3) is 0 Å². The molecule has 0 fully saturated rings. The van der Waals surface area contributed by atoms with E-state index in [0.29, 0.717) is 22.6 Å². The lowest BCUT2D eigenvalue weighted by atomic mass is 9.76. The van der Waals surface area contributed by atoms with Crippen molar-refractivity contribution in [3.8, 4) is 18.1 Å². The first-order valence-corrected chi connectivity index (χ1v) is 11.5. The molecule has 2 aliphatic rings. The van der Waals surface area contributed by atoms with E-state index in [2.05, 4.69) is 77.8 Å². The lowest BCUT2D eigenvalue weighted by Gasteiger charge is -2.37. The number of benzene rings is 3. The van der Waals surface area contributed by atoms with Crippen LogP contribution >= 0.6 is 11.6 Å². The topological polar surface area (TPSA) is 33.6 Å². The van der Waals surface area contributed by atoms with Gasteiger partial charge in [0.1, 0.15) is 12.4 Å². The van der Waals surface area contributed by atoms with Gasteiger partial charge in [0, 0.05) is 17.8 Å². The Morgan fingerprint density at radius 2 is 2.00 bits per heavy atom. The lowest BCUT2D eigenvalue weighted by Crippen LogP contribution is -2.29. The number of hydrogen-bond acceptors (Lipinski definition) is 3. The van der Waals surface area contributed by atoms with Crippen molar-refractivity contribution < 1.29 is 4.74 Å². The van der Waals surface area contributed by atoms with Crippen molar-refractivity contribution in [1.29, 1.82) is 0 Å². The van der Waals surface area contributed by atoms with Gasteiger partial charge < -0.3 is 10.1 Å². The summed E-state index contributed by atoms with van der Waals surface area (Å²) < 4.78 is 5.41. The fourth-order valence-electron chi connectivity index (χ4n) is 4.79. The Kier molecular flexibility index (Phi) is 5.94. The zero-order chi connectivity index (χ0) is 22.8. The Bertz CT molecular complexity index is 1270. The minimum absolute atomic E-state index is 0.193. The fourth-order valence-corrected chi connectivity index (χ4v) is 5.04. The third-order valence-corrected chi connectivity index (χ3v) is 6.70. The first-order valence-electron chi connectivity index (χ1n) is 11.2. The van der Waals surface area contributed by atoms with Crippen LogP contribution in [0.2, 0.25) is 5.02 Å². The first kappa shape index (κ1) is 21.4. The number of aryl methyl sites for hydroxylation is 1. The number of nitrogens with one attached hydrogen (secondary N) is 1. The molecule has 1 aliphatic carbocycles. The summed E-state index contributed by atoms with van der Waals surface area (Å²) in [7, 11) is 0. The van der Waals surface area contributed by atoms with Crippen molar-refractivity contribution >= 4 is 29.2 Å². The summed E-state index contributed by atoms with van der Waals surface area (Å²) in [6.45, 7) is 2.35. The van der Waals surface area contributed by atoms with Gasteiger partial charge in [-0.15, -0.1) is 6.42 Å². The van der Waals surface area contributed by atoms with Crippen LogP contribution in [0.25, 0.3) is 0 Å². The summed E-state index contributed by atoms with van der Waals surface area (Å²) >= 11 is 6.28. The molecule has 0 saturated carbocycles. The molecule has 1 aliphatic heterocycles. The van der Waals surface area contributed by atoms with Crippen LogP contribution in [0, 0.1) is 25.2 Å². The second-order valence-corrected chi connectivity index (χ2v) is 9.01. The number of nitrogens with zero attached hydrogens (tertiary/aromatic N) is 1. The summed E-state index contributed by atoms with van der Waals surface area (Å²) in [5.41, 5.74) is 7.06. The molecule has 0 unspecified atom stereocenters. The van der Waals surface area contributed by atoms with E-state index in [4.69, 9.17) is 22.8 Å². The van der Waals surface area contributed by atoms with Gasteiger partial charge in [-0.05, 0) is 72.4 Å². The Hall–Kier alpha value is -3.48. The third kappa shape index (κ3) is 4.40. The Morgan fingerprint density at radius 3 is 2.79 bits per heavy atom. The van der Waals surface area contributed by atoms with Gasteiger partial charge in [0.05, 0.1) is 16.8 Å². The Labute approximate surface area is 200 Å². The molecule has 0 saturated heterocycles. The summed E-state index contributed by atoms with van der Waals surface area (Å²) in [6, 6.07) is 21.1. The number of terminal acetylenes is 1. The van der Waals surface area contributed by atoms with Gasteiger partial charge >= 0.3 is 0 Å². The molecule has 5 rings (SSSR count). The molecule has 0 amide bonds. The van der Waals surface area contributed by atoms with Crippen LogP contribution in [0.3, 0.4) is 0 Å². The molecule has 3 aromatic rings. The maximum absolute atomic E-state index is 6.28. The van der Waals surface area contributed by atoms with E-state index in [0.717, 1.165) is 17.7 Å². The van der Waals surface area contributed by atoms with E-state index in [1.54, 1.807) is 6.21 Å². The van der Waals surface area contributed by atoms with Gasteiger partial charge in [0.2, 0.25) is 0 Å². The van der Waals surface area contributed by atoms with Gasteiger partial charge in [-0.3, -0.25) is 4.99 Å². The quantitative estimate of drug-likeness (QED) is 0.251. The summed E-state index contributed by atoms with van der Waals surface area (Å²) in [6.07, 6.45) is 12.8. The van der Waals surface area contributed by atoms with E-state index < -0.39 is 0 Å². The highest BCUT2D eigenvalue weighted by Crippen LogP contribution is 2.50. The first-order chi connectivity index (χ1) is 16.1. The molecule has 164 valence electrons. The molecule has 3 aromatic carbocycles. The van der Waals surface area contributed by atoms with Crippen molar-refractivity contribution in [2.75, 3.05) is 11.9 Å². The molecule has 3 atom stereocenters. The highest BCUT2D eigenvalue weighted by Gasteiger charge is 2.37. The maximum Gasteiger partial charge on any atom is 0.148 e. The summed E-state index contributed by atoms with van der Waals surface area (Å²) in [4.78, 5) is 4.62. The zero-order valence-corrected chi connectivity index (χ0v) is 19.2. The van der Waals surface area contributed by atoms with Crippen LogP contribution in [0.4, 0.5) is 11.4 Å². The van der Waals surface area contributed by atoms with Crippen LogP contribution < -0.4 is 10.1 Å². The lowest BCUT2D eigenvalue weighted by molar-refractivity contribution is 0.370. The molecule has 0 radical (unpaired) electrons. The van der Waals surface area contributed by atoms with Gasteiger partial charge in [-0.2, -0.15) is 0 Å². The Morgan fingerprint density at radius 1 is 1.15 bits per heavy atom. The summed E-state index contributed by atoms with van der Waals surface area (Å²) in [5.74, 6) is 4.02. The number of allylic oxidation sites excluding steroid dienone is 2. The highest BCUT2D eigenvalue weighted by atomic mass is 35.5. The predicted octanol–water partition coefficient (Wildman–Crippen LogP) is 7.24. The van der Waals surface area contributed by atoms with E-state index in [-0.39, 0.29) is 12.6 Å². The van der Waals surface area contributed by atoms with E-state index in [9.17, 15) is 0 Å². The number of ether oxygens (including phenoxy) is 1. The Balaban J connectivity index is 1.32. The van der Waals surface area contributed by atoms with Crippen LogP contribution in [0.5, 0.6) is 5.75 Å². The van der Waals surface area contributed by atoms with Crippen molar-refractivity contribution in [2.24, 2.45) is 10.9 Å². The molecule has 0 bridgehead atoms. The maximum atomic E-state index is 6.28. The van der Waals surface area contributed by atoms with Crippen molar-refractivity contribution in [2.45, 2.75) is 25.3 Å².